The Labute approximate surface area is 128 Å². The molecule has 0 atom stereocenters. The Kier molecular flexibility index (Phi) is 3.78. The van der Waals surface area contributed by atoms with Crippen LogP contribution in [0.1, 0.15) is 11.4 Å². The molecular weight excluding hydrogens is 278 g/mol. The van der Waals surface area contributed by atoms with Gasteiger partial charge in [-0.15, -0.1) is 0 Å². The lowest BCUT2D eigenvalue weighted by Crippen LogP contribution is -2.14. The van der Waals surface area contributed by atoms with Gasteiger partial charge in [-0.2, -0.15) is 0 Å². The number of rotatable bonds is 4. The van der Waals surface area contributed by atoms with Crippen LogP contribution in [0.4, 0.5) is 5.69 Å². The number of hydrogen-bond donors (Lipinski definition) is 1. The molecule has 5 heteroatoms. The Hall–Kier alpha value is -2.82. The zero-order valence-electron chi connectivity index (χ0n) is 12.3. The van der Waals surface area contributed by atoms with Crippen molar-refractivity contribution in [3.05, 3.63) is 59.9 Å². The van der Waals surface area contributed by atoms with Crippen LogP contribution in [0.3, 0.4) is 0 Å². The zero-order valence-corrected chi connectivity index (χ0v) is 12.3. The predicted molar refractivity (Wildman–Crippen MR) is 85.4 cm³/mol. The minimum Gasteiger partial charge on any atom is -0.468 e. The summed E-state index contributed by atoms with van der Waals surface area (Å²) in [7, 11) is 1.38. The van der Waals surface area contributed by atoms with Crippen molar-refractivity contribution in [1.82, 2.24) is 9.55 Å². The number of carbonyl (C=O) groups excluding carboxylic acids is 1. The zero-order chi connectivity index (χ0) is 15.5. The molecule has 0 aliphatic carbocycles. The number of esters is 1. The molecule has 5 nitrogen and oxygen atoms in total. The largest absolute Gasteiger partial charge is 0.468 e. The second kappa shape index (κ2) is 5.89. The molecule has 112 valence electrons. The van der Waals surface area contributed by atoms with Gasteiger partial charge in [0.1, 0.15) is 17.9 Å². The molecule has 0 unspecified atom stereocenters. The summed E-state index contributed by atoms with van der Waals surface area (Å²) < 4.78 is 6.65. The minimum absolute atomic E-state index is 0.124. The second-order valence-electron chi connectivity index (χ2n) is 5.07. The molecule has 22 heavy (non-hydrogen) atoms. The maximum Gasteiger partial charge on any atom is 0.325 e. The van der Waals surface area contributed by atoms with E-state index < -0.39 is 0 Å². The highest BCUT2D eigenvalue weighted by molar-refractivity contribution is 5.88. The number of hydrogen-bond acceptors (Lipinski definition) is 4. The molecule has 0 radical (unpaired) electrons. The van der Waals surface area contributed by atoms with Crippen LogP contribution in [0.2, 0.25) is 0 Å². The van der Waals surface area contributed by atoms with Gasteiger partial charge in [-0.1, -0.05) is 36.4 Å². The van der Waals surface area contributed by atoms with Gasteiger partial charge in [0, 0.05) is 6.42 Å². The van der Waals surface area contributed by atoms with E-state index in [0.29, 0.717) is 12.1 Å². The number of benzene rings is 2. The lowest BCUT2D eigenvalue weighted by Gasteiger charge is -2.08. The number of anilines is 1. The van der Waals surface area contributed by atoms with E-state index in [4.69, 9.17) is 10.5 Å². The van der Waals surface area contributed by atoms with Crippen molar-refractivity contribution in [3.8, 4) is 0 Å². The number of aromatic nitrogens is 2. The summed E-state index contributed by atoms with van der Waals surface area (Å²) >= 11 is 0. The fraction of sp³-hybridized carbons (Fsp3) is 0.176. The van der Waals surface area contributed by atoms with E-state index in [1.54, 1.807) is 0 Å². The van der Waals surface area contributed by atoms with Crippen LogP contribution in [0.5, 0.6) is 0 Å². The molecule has 0 aliphatic rings. The van der Waals surface area contributed by atoms with E-state index in [1.165, 1.54) is 7.11 Å². The monoisotopic (exact) mass is 295 g/mol. The van der Waals surface area contributed by atoms with Crippen molar-refractivity contribution < 1.29 is 9.53 Å². The van der Waals surface area contributed by atoms with Gasteiger partial charge < -0.3 is 15.0 Å². The molecule has 0 aliphatic heterocycles. The van der Waals surface area contributed by atoms with Crippen molar-refractivity contribution in [3.63, 3.8) is 0 Å². The average Bonchev–Trinajstić information content (AvgIpc) is 2.87. The van der Waals surface area contributed by atoms with Crippen LogP contribution in [-0.2, 0) is 22.5 Å². The summed E-state index contributed by atoms with van der Waals surface area (Å²) in [6.07, 6.45) is 0.631. The van der Waals surface area contributed by atoms with Crippen molar-refractivity contribution in [2.45, 2.75) is 13.0 Å². The number of methoxy groups -OCH3 is 1. The number of ether oxygens (including phenoxy) is 1. The average molecular weight is 295 g/mol. The van der Waals surface area contributed by atoms with Crippen molar-refractivity contribution >= 4 is 22.7 Å². The van der Waals surface area contributed by atoms with E-state index >= 15 is 0 Å². The lowest BCUT2D eigenvalue weighted by molar-refractivity contribution is -0.141. The highest BCUT2D eigenvalue weighted by Gasteiger charge is 2.15. The second-order valence-corrected chi connectivity index (χ2v) is 5.07. The lowest BCUT2D eigenvalue weighted by atomic mass is 10.1. The van der Waals surface area contributed by atoms with Crippen molar-refractivity contribution in [2.75, 3.05) is 12.8 Å². The highest BCUT2D eigenvalue weighted by Crippen LogP contribution is 2.23. The van der Waals surface area contributed by atoms with Crippen LogP contribution < -0.4 is 5.73 Å². The van der Waals surface area contributed by atoms with Gasteiger partial charge in [0.05, 0.1) is 18.3 Å². The van der Waals surface area contributed by atoms with Crippen LogP contribution in [-0.4, -0.2) is 22.6 Å². The highest BCUT2D eigenvalue weighted by atomic mass is 16.5. The van der Waals surface area contributed by atoms with Gasteiger partial charge in [0.25, 0.3) is 0 Å². The normalized spacial score (nSPS) is 10.8. The first kappa shape index (κ1) is 14.1. The first-order valence-corrected chi connectivity index (χ1v) is 7.03. The van der Waals surface area contributed by atoms with Crippen molar-refractivity contribution in [1.29, 1.82) is 0 Å². The number of nitrogens with two attached hydrogens (primary N) is 1. The number of nitrogen functional groups attached to an aromatic ring is 1. The third-order valence-electron chi connectivity index (χ3n) is 3.61. The first-order chi connectivity index (χ1) is 10.7. The van der Waals surface area contributed by atoms with Gasteiger partial charge in [-0.3, -0.25) is 4.79 Å². The van der Waals surface area contributed by atoms with Gasteiger partial charge in [0.2, 0.25) is 0 Å². The summed E-state index contributed by atoms with van der Waals surface area (Å²) in [4.78, 5) is 16.3. The number of imidazole rings is 1. The van der Waals surface area contributed by atoms with E-state index in [1.807, 2.05) is 53.1 Å². The van der Waals surface area contributed by atoms with Crippen LogP contribution in [0, 0.1) is 0 Å². The molecule has 0 saturated carbocycles. The molecule has 0 bridgehead atoms. The Morgan fingerprint density at radius 2 is 1.95 bits per heavy atom. The fourth-order valence-corrected chi connectivity index (χ4v) is 2.50. The van der Waals surface area contributed by atoms with E-state index in [9.17, 15) is 4.79 Å². The smallest absolute Gasteiger partial charge is 0.325 e. The molecule has 0 spiro atoms. The molecule has 3 rings (SSSR count). The Balaban J connectivity index is 2.09. The van der Waals surface area contributed by atoms with Gasteiger partial charge >= 0.3 is 5.97 Å². The summed E-state index contributed by atoms with van der Waals surface area (Å²) in [6.45, 7) is 0.124. The summed E-state index contributed by atoms with van der Waals surface area (Å²) in [6, 6.07) is 15.6. The molecule has 2 N–H and O–H groups in total. The van der Waals surface area contributed by atoms with Crippen LogP contribution in [0.15, 0.2) is 48.5 Å². The Morgan fingerprint density at radius 1 is 1.18 bits per heavy atom. The topological polar surface area (TPSA) is 70.1 Å². The minimum atomic E-state index is -0.309. The standard InChI is InChI=1S/C17H17N3O2/c1-22-16(21)11-20-14-9-5-8-13(18)17(14)19-15(20)10-12-6-3-2-4-7-12/h2-9H,10-11,18H2,1H3. The Morgan fingerprint density at radius 3 is 2.68 bits per heavy atom. The Bertz CT molecular complexity index is 809. The number of para-hydroxylation sites is 1. The van der Waals surface area contributed by atoms with E-state index in [2.05, 4.69) is 4.98 Å². The number of nitrogens with zero attached hydrogens (tertiary/aromatic N) is 2. The molecular formula is C17H17N3O2. The molecule has 3 aromatic rings. The van der Waals surface area contributed by atoms with Gasteiger partial charge in [-0.25, -0.2) is 4.98 Å². The van der Waals surface area contributed by atoms with Gasteiger partial charge in [0.15, 0.2) is 0 Å². The SMILES string of the molecule is COC(=O)Cn1c(Cc2ccccc2)nc2c(N)cccc21. The van der Waals surface area contributed by atoms with Crippen molar-refractivity contribution in [2.24, 2.45) is 0 Å². The third-order valence-corrected chi connectivity index (χ3v) is 3.61. The predicted octanol–water partition coefficient (Wildman–Crippen LogP) is 2.38. The molecule has 0 saturated heterocycles. The molecule has 2 aromatic carbocycles. The fourth-order valence-electron chi connectivity index (χ4n) is 2.50. The maximum absolute atomic E-state index is 11.7. The van der Waals surface area contributed by atoms with Crippen LogP contribution >= 0.6 is 0 Å². The molecule has 0 fully saturated rings. The number of carbonyl (C=O) groups is 1. The van der Waals surface area contributed by atoms with E-state index in [0.717, 1.165) is 22.4 Å². The summed E-state index contributed by atoms with van der Waals surface area (Å²) in [5, 5.41) is 0. The van der Waals surface area contributed by atoms with E-state index in [-0.39, 0.29) is 12.5 Å². The molecule has 1 aromatic heterocycles. The summed E-state index contributed by atoms with van der Waals surface area (Å²) in [5.41, 5.74) is 9.30. The van der Waals surface area contributed by atoms with Crippen LogP contribution in [0.25, 0.3) is 11.0 Å². The summed E-state index contributed by atoms with van der Waals surface area (Å²) in [5.74, 6) is 0.487. The maximum atomic E-state index is 11.7. The molecule has 0 amide bonds. The third kappa shape index (κ3) is 2.65. The van der Waals surface area contributed by atoms with Gasteiger partial charge in [-0.05, 0) is 17.7 Å². The molecule has 1 heterocycles. The first-order valence-electron chi connectivity index (χ1n) is 7.03. The quantitative estimate of drug-likeness (QED) is 0.592. The number of fused-ring (bicyclic) bond motifs is 1.